The van der Waals surface area contributed by atoms with Crippen LogP contribution < -0.4 is 0 Å². The Hall–Kier alpha value is -3.12. The van der Waals surface area contributed by atoms with Gasteiger partial charge in [0.25, 0.3) is 0 Å². The molecule has 3 heterocycles. The number of rotatable bonds is 2. The van der Waals surface area contributed by atoms with Crippen molar-refractivity contribution in [1.29, 1.82) is 0 Å². The fraction of sp³-hybridized carbons (Fsp3) is 0. The van der Waals surface area contributed by atoms with E-state index in [1.54, 1.807) is 0 Å². The molecule has 0 amide bonds. The van der Waals surface area contributed by atoms with Crippen LogP contribution in [-0.4, -0.2) is 43.5 Å². The molecule has 9 rings (SSSR count). The molecule has 0 saturated carbocycles. The third kappa shape index (κ3) is 3.43. The molecule has 3 aromatic heterocycles. The third-order valence-electron chi connectivity index (χ3n) is 7.90. The van der Waals surface area contributed by atoms with Crippen molar-refractivity contribution >= 4 is 101 Å². The van der Waals surface area contributed by atoms with Gasteiger partial charge in [0.1, 0.15) is 0 Å². The molecule has 182 valence electrons. The summed E-state index contributed by atoms with van der Waals surface area (Å²) >= 11 is 1.06. The number of hydrogen-bond acceptors (Lipinski definition) is 0. The first-order valence-electron chi connectivity index (χ1n) is 13.1. The summed E-state index contributed by atoms with van der Waals surface area (Å²) < 4.78 is 9.09. The Morgan fingerprint density at radius 3 is 1.26 bits per heavy atom. The normalized spacial score (nSPS) is 12.1. The zero-order chi connectivity index (χ0) is 25.5. The third-order valence-corrected chi connectivity index (χ3v) is 15.4. The molecule has 0 N–H and O–H groups in total. The van der Waals surface area contributed by atoms with Gasteiger partial charge in [0, 0.05) is 0 Å². The Morgan fingerprint density at radius 2 is 0.744 bits per heavy atom. The van der Waals surface area contributed by atoms with Gasteiger partial charge in [0.05, 0.1) is 0 Å². The van der Waals surface area contributed by atoms with E-state index in [1.807, 2.05) is 0 Å². The van der Waals surface area contributed by atoms with Crippen molar-refractivity contribution in [3.63, 3.8) is 0 Å². The minimum atomic E-state index is 0.351. The van der Waals surface area contributed by atoms with Crippen LogP contribution in [0.3, 0.4) is 0 Å². The summed E-state index contributed by atoms with van der Waals surface area (Å²) in [6.07, 6.45) is 0. The van der Waals surface area contributed by atoms with E-state index in [2.05, 4.69) is 121 Å². The first-order valence-corrected chi connectivity index (χ1v) is 18.2. The van der Waals surface area contributed by atoms with E-state index in [9.17, 15) is 0 Å². The van der Waals surface area contributed by atoms with E-state index in [1.165, 1.54) is 80.1 Å². The second kappa shape index (κ2) is 8.69. The average Bonchev–Trinajstić information content (AvgIpc) is 3.67. The summed E-state index contributed by atoms with van der Waals surface area (Å²) in [7, 11) is 0. The number of hydrogen-bond donors (Lipinski definition) is 0. The molecule has 0 aliphatic heterocycles. The summed E-state index contributed by atoms with van der Waals surface area (Å²) in [5, 5.41) is 8.58. The molecule has 9 aromatic rings. The molecule has 0 bridgehead atoms. The molecule has 39 heavy (non-hydrogen) atoms. The molecule has 0 unspecified atom stereocenters. The van der Waals surface area contributed by atoms with Gasteiger partial charge in [-0.05, 0) is 0 Å². The summed E-state index contributed by atoms with van der Waals surface area (Å²) in [5.41, 5.74) is 5.53. The van der Waals surface area contributed by atoms with Crippen molar-refractivity contribution < 1.29 is 0 Å². The van der Waals surface area contributed by atoms with Crippen LogP contribution in [0.25, 0.3) is 80.1 Å². The Morgan fingerprint density at radius 1 is 0.308 bits per heavy atom. The van der Waals surface area contributed by atoms with Crippen LogP contribution in [0, 0.1) is 0 Å². The molecular formula is C36H20Se3. The Balaban J connectivity index is 1.26. The predicted octanol–water partition coefficient (Wildman–Crippen LogP) is 9.11. The van der Waals surface area contributed by atoms with Crippen molar-refractivity contribution in [2.45, 2.75) is 0 Å². The van der Waals surface area contributed by atoms with Gasteiger partial charge in [-0.15, -0.1) is 0 Å². The van der Waals surface area contributed by atoms with Crippen LogP contribution in [0.15, 0.2) is 121 Å². The van der Waals surface area contributed by atoms with Gasteiger partial charge >= 0.3 is 245 Å². The summed E-state index contributed by atoms with van der Waals surface area (Å²) in [6.45, 7) is 0. The van der Waals surface area contributed by atoms with Crippen LogP contribution in [0.5, 0.6) is 0 Å². The van der Waals surface area contributed by atoms with Crippen LogP contribution in [0.2, 0.25) is 0 Å². The van der Waals surface area contributed by atoms with Gasteiger partial charge < -0.3 is 0 Å². The Kier molecular flexibility index (Phi) is 5.05. The molecule has 0 atom stereocenters. The maximum atomic E-state index is 2.48. The van der Waals surface area contributed by atoms with E-state index < -0.39 is 0 Å². The van der Waals surface area contributed by atoms with Gasteiger partial charge in [0.15, 0.2) is 0 Å². The molecule has 0 aliphatic rings. The molecule has 0 saturated heterocycles. The van der Waals surface area contributed by atoms with E-state index in [0.717, 1.165) is 0 Å². The molecule has 0 nitrogen and oxygen atoms in total. The molecule has 6 aromatic carbocycles. The van der Waals surface area contributed by atoms with Crippen molar-refractivity contribution in [2.75, 3.05) is 0 Å². The molecule has 0 fully saturated rings. The predicted molar refractivity (Wildman–Crippen MR) is 173 cm³/mol. The minimum absolute atomic E-state index is 0.351. The SMILES string of the molecule is c1ccc2c(c1)[se]c1c(-c3ccc4[se]c5ccc(-c6cccc7c6[se]c6ccccc67)cc5c4c3)cccc12. The summed E-state index contributed by atoms with van der Waals surface area (Å²) in [5.74, 6) is 0. The maximum absolute atomic E-state index is 2.48. The van der Waals surface area contributed by atoms with Gasteiger partial charge in [-0.1, -0.05) is 0 Å². The van der Waals surface area contributed by atoms with Gasteiger partial charge in [-0.3, -0.25) is 0 Å². The van der Waals surface area contributed by atoms with E-state index in [4.69, 9.17) is 0 Å². The Bertz CT molecular complexity index is 2230. The quantitative estimate of drug-likeness (QED) is 0.159. The van der Waals surface area contributed by atoms with Crippen LogP contribution in [0.4, 0.5) is 0 Å². The van der Waals surface area contributed by atoms with Gasteiger partial charge in [0.2, 0.25) is 0 Å². The van der Waals surface area contributed by atoms with Crippen LogP contribution in [0.1, 0.15) is 0 Å². The average molecular weight is 689 g/mol. The van der Waals surface area contributed by atoms with Gasteiger partial charge in [-0.25, -0.2) is 0 Å². The fourth-order valence-electron chi connectivity index (χ4n) is 6.06. The van der Waals surface area contributed by atoms with E-state index >= 15 is 0 Å². The van der Waals surface area contributed by atoms with E-state index in [-0.39, 0.29) is 0 Å². The van der Waals surface area contributed by atoms with Crippen molar-refractivity contribution in [3.8, 4) is 22.3 Å². The topological polar surface area (TPSA) is 0 Å². The molecule has 0 aliphatic carbocycles. The first kappa shape index (κ1) is 22.7. The summed E-state index contributed by atoms with van der Waals surface area (Å²) in [4.78, 5) is 0. The second-order valence-corrected chi connectivity index (χ2v) is 16.8. The first-order chi connectivity index (χ1) is 19.3. The molecular weight excluding hydrogens is 669 g/mol. The molecule has 0 spiro atoms. The zero-order valence-electron chi connectivity index (χ0n) is 20.8. The monoisotopic (exact) mass is 692 g/mol. The van der Waals surface area contributed by atoms with E-state index in [0.29, 0.717) is 43.5 Å². The number of fused-ring (bicyclic) bond motifs is 9. The van der Waals surface area contributed by atoms with Crippen molar-refractivity contribution in [2.24, 2.45) is 0 Å². The van der Waals surface area contributed by atoms with Crippen LogP contribution in [-0.2, 0) is 0 Å². The van der Waals surface area contributed by atoms with Crippen molar-refractivity contribution in [1.82, 2.24) is 0 Å². The van der Waals surface area contributed by atoms with Crippen LogP contribution >= 0.6 is 0 Å². The van der Waals surface area contributed by atoms with Crippen molar-refractivity contribution in [3.05, 3.63) is 121 Å². The van der Waals surface area contributed by atoms with Gasteiger partial charge in [-0.2, -0.15) is 0 Å². The molecule has 0 radical (unpaired) electrons. The standard InChI is InChI=1S/C36H20Se3/c1-3-13-31-25(7-1)27-11-5-9-23(35(27)38-31)21-15-17-33-29(19-21)30-20-22(16-18-34(30)37-33)24-10-6-12-28-26-8-2-4-14-32(26)39-36(24)28/h1-20H. The second-order valence-electron chi connectivity index (χ2n) is 10.1. The number of benzene rings is 6. The zero-order valence-corrected chi connectivity index (χ0v) is 25.9. The Labute approximate surface area is 243 Å². The fourth-order valence-corrected chi connectivity index (χ4v) is 13.5. The molecule has 3 heteroatoms. The summed E-state index contributed by atoms with van der Waals surface area (Å²) in [6, 6.07) is 46.2.